The van der Waals surface area contributed by atoms with E-state index in [4.69, 9.17) is 23.2 Å². The molecule has 0 spiro atoms. The van der Waals surface area contributed by atoms with Crippen molar-refractivity contribution < 1.29 is 9.59 Å². The Labute approximate surface area is 207 Å². The summed E-state index contributed by atoms with van der Waals surface area (Å²) in [5.74, 6) is 0.296. The lowest BCUT2D eigenvalue weighted by Gasteiger charge is -2.30. The van der Waals surface area contributed by atoms with E-state index >= 15 is 0 Å². The number of carbonyl (C=O) groups excluding carboxylic acids is 2. The molecule has 0 unspecified atom stereocenters. The van der Waals surface area contributed by atoms with Crippen molar-refractivity contribution in [2.45, 2.75) is 83.8 Å². The molecule has 178 valence electrons. The van der Waals surface area contributed by atoms with E-state index in [9.17, 15) is 9.59 Å². The highest BCUT2D eigenvalue weighted by Gasteiger charge is 2.28. The van der Waals surface area contributed by atoms with Crippen LogP contribution in [-0.2, 0) is 22.6 Å². The Bertz CT molecular complexity index is 953. The van der Waals surface area contributed by atoms with Gasteiger partial charge in [0.25, 0.3) is 0 Å². The molecule has 1 fully saturated rings. The number of nitrogens with one attached hydrogen (secondary N) is 1. The summed E-state index contributed by atoms with van der Waals surface area (Å²) in [6.45, 7) is 6.39. The second kappa shape index (κ2) is 11.9. The van der Waals surface area contributed by atoms with Crippen molar-refractivity contribution in [3.63, 3.8) is 0 Å². The van der Waals surface area contributed by atoms with E-state index in [1.165, 1.54) is 5.56 Å². The predicted molar refractivity (Wildman–Crippen MR) is 136 cm³/mol. The standard InChI is InChI=1S/C27H34Cl2N2O2/c1-18(2)21-11-8-20(9-12-21)10-15-26(32)31(17-22-13-14-23(28)16-25(22)29)19(3)27(33)30-24-6-4-5-7-24/h8-9,11-14,16,18-19,24H,4-7,10,15,17H2,1-3H3,(H,30,33)/t19-/m0/s1. The van der Waals surface area contributed by atoms with Crippen LogP contribution in [0.1, 0.15) is 75.5 Å². The van der Waals surface area contributed by atoms with Crippen LogP contribution in [0.25, 0.3) is 0 Å². The molecule has 0 aromatic heterocycles. The number of carbonyl (C=O) groups is 2. The van der Waals surface area contributed by atoms with Crippen LogP contribution in [0.5, 0.6) is 0 Å². The summed E-state index contributed by atoms with van der Waals surface area (Å²) in [5.41, 5.74) is 3.16. The molecule has 1 N–H and O–H groups in total. The van der Waals surface area contributed by atoms with E-state index < -0.39 is 6.04 Å². The fourth-order valence-corrected chi connectivity index (χ4v) is 4.74. The van der Waals surface area contributed by atoms with Gasteiger partial charge in [-0.2, -0.15) is 0 Å². The van der Waals surface area contributed by atoms with Gasteiger partial charge in [0.1, 0.15) is 6.04 Å². The Hall–Kier alpha value is -2.04. The molecule has 3 rings (SSSR count). The Morgan fingerprint density at radius 1 is 1.03 bits per heavy atom. The first kappa shape index (κ1) is 25.6. The van der Waals surface area contributed by atoms with Crippen molar-refractivity contribution in [1.29, 1.82) is 0 Å². The Morgan fingerprint density at radius 3 is 2.30 bits per heavy atom. The molecule has 2 aromatic carbocycles. The summed E-state index contributed by atoms with van der Waals surface area (Å²) >= 11 is 12.4. The van der Waals surface area contributed by atoms with Gasteiger partial charge in [0, 0.05) is 29.1 Å². The van der Waals surface area contributed by atoms with Crippen LogP contribution in [0.3, 0.4) is 0 Å². The zero-order valence-corrected chi connectivity index (χ0v) is 21.3. The summed E-state index contributed by atoms with van der Waals surface area (Å²) in [6.07, 6.45) is 5.23. The van der Waals surface area contributed by atoms with Crippen LogP contribution in [0.15, 0.2) is 42.5 Å². The molecular formula is C27H34Cl2N2O2. The van der Waals surface area contributed by atoms with Crippen molar-refractivity contribution >= 4 is 35.0 Å². The Morgan fingerprint density at radius 2 is 1.70 bits per heavy atom. The van der Waals surface area contributed by atoms with Gasteiger partial charge >= 0.3 is 0 Å². The molecule has 0 bridgehead atoms. The number of rotatable bonds is 9. The quantitative estimate of drug-likeness (QED) is 0.436. The summed E-state index contributed by atoms with van der Waals surface area (Å²) < 4.78 is 0. The van der Waals surface area contributed by atoms with Crippen LogP contribution in [-0.4, -0.2) is 28.8 Å². The third-order valence-corrected chi connectivity index (χ3v) is 7.09. The minimum atomic E-state index is -0.590. The van der Waals surface area contributed by atoms with Gasteiger partial charge in [-0.25, -0.2) is 0 Å². The first-order valence-corrected chi connectivity index (χ1v) is 12.6. The molecule has 33 heavy (non-hydrogen) atoms. The average molecular weight is 489 g/mol. The molecule has 0 radical (unpaired) electrons. The number of aryl methyl sites for hydroxylation is 1. The second-order valence-electron chi connectivity index (χ2n) is 9.32. The van der Waals surface area contributed by atoms with E-state index in [-0.39, 0.29) is 24.4 Å². The highest BCUT2D eigenvalue weighted by Crippen LogP contribution is 2.24. The summed E-state index contributed by atoms with van der Waals surface area (Å²) in [5, 5.41) is 4.16. The lowest BCUT2D eigenvalue weighted by atomic mass is 10.00. The van der Waals surface area contributed by atoms with Crippen molar-refractivity contribution in [1.82, 2.24) is 10.2 Å². The highest BCUT2D eigenvalue weighted by atomic mass is 35.5. The maximum absolute atomic E-state index is 13.3. The van der Waals surface area contributed by atoms with Gasteiger partial charge in [-0.15, -0.1) is 0 Å². The molecule has 2 aromatic rings. The highest BCUT2D eigenvalue weighted by molar-refractivity contribution is 6.35. The zero-order valence-electron chi connectivity index (χ0n) is 19.7. The first-order valence-electron chi connectivity index (χ1n) is 11.9. The SMILES string of the molecule is CC(C)c1ccc(CCC(=O)N(Cc2ccc(Cl)cc2Cl)[C@@H](C)C(=O)NC2CCCC2)cc1. The number of amides is 2. The molecule has 0 heterocycles. The predicted octanol–water partition coefficient (Wildman–Crippen LogP) is 6.53. The van der Waals surface area contributed by atoms with E-state index in [2.05, 4.69) is 43.4 Å². The third kappa shape index (κ3) is 7.22. The topological polar surface area (TPSA) is 49.4 Å². The summed E-state index contributed by atoms with van der Waals surface area (Å²) in [4.78, 5) is 28.0. The van der Waals surface area contributed by atoms with Crippen LogP contribution in [0, 0.1) is 0 Å². The minimum absolute atomic E-state index is 0.0666. The van der Waals surface area contributed by atoms with E-state index in [1.54, 1.807) is 24.0 Å². The fourth-order valence-electron chi connectivity index (χ4n) is 4.27. The molecule has 4 nitrogen and oxygen atoms in total. The molecule has 1 aliphatic rings. The van der Waals surface area contributed by atoms with Gasteiger partial charge in [-0.05, 0) is 60.9 Å². The maximum atomic E-state index is 13.3. The molecule has 2 amide bonds. The van der Waals surface area contributed by atoms with Crippen molar-refractivity contribution in [3.05, 3.63) is 69.2 Å². The molecule has 1 atom stereocenters. The Balaban J connectivity index is 1.72. The van der Waals surface area contributed by atoms with E-state index in [0.717, 1.165) is 36.8 Å². The fraction of sp³-hybridized carbons (Fsp3) is 0.481. The number of hydrogen-bond donors (Lipinski definition) is 1. The molecule has 0 aliphatic heterocycles. The van der Waals surface area contributed by atoms with Crippen LogP contribution in [0.2, 0.25) is 10.0 Å². The number of nitrogens with zero attached hydrogens (tertiary/aromatic N) is 1. The van der Waals surface area contributed by atoms with Crippen molar-refractivity contribution in [2.24, 2.45) is 0 Å². The lowest BCUT2D eigenvalue weighted by molar-refractivity contribution is -0.140. The number of halogens is 2. The van der Waals surface area contributed by atoms with Crippen molar-refractivity contribution in [3.8, 4) is 0 Å². The first-order chi connectivity index (χ1) is 15.7. The van der Waals surface area contributed by atoms with Crippen LogP contribution < -0.4 is 5.32 Å². The summed E-state index contributed by atoms with van der Waals surface area (Å²) in [7, 11) is 0. The number of benzene rings is 2. The van der Waals surface area contributed by atoms with Crippen LogP contribution in [0.4, 0.5) is 0 Å². The smallest absolute Gasteiger partial charge is 0.242 e. The van der Waals surface area contributed by atoms with Gasteiger partial charge in [0.15, 0.2) is 0 Å². The van der Waals surface area contributed by atoms with E-state index in [0.29, 0.717) is 28.8 Å². The monoisotopic (exact) mass is 488 g/mol. The largest absolute Gasteiger partial charge is 0.352 e. The molecule has 0 saturated heterocycles. The maximum Gasteiger partial charge on any atom is 0.242 e. The zero-order chi connectivity index (χ0) is 24.0. The summed E-state index contributed by atoms with van der Waals surface area (Å²) in [6, 6.07) is 13.3. The molecule has 1 aliphatic carbocycles. The van der Waals surface area contributed by atoms with Gasteiger partial charge in [0.05, 0.1) is 0 Å². The average Bonchev–Trinajstić information content (AvgIpc) is 3.30. The third-order valence-electron chi connectivity index (χ3n) is 6.50. The molecular weight excluding hydrogens is 455 g/mol. The second-order valence-corrected chi connectivity index (χ2v) is 10.2. The van der Waals surface area contributed by atoms with Crippen LogP contribution >= 0.6 is 23.2 Å². The lowest BCUT2D eigenvalue weighted by Crippen LogP contribution is -2.49. The Kier molecular flexibility index (Phi) is 9.22. The van der Waals surface area contributed by atoms with Crippen molar-refractivity contribution in [2.75, 3.05) is 0 Å². The normalized spacial score (nSPS) is 15.0. The molecule has 1 saturated carbocycles. The molecule has 6 heteroatoms. The van der Waals surface area contributed by atoms with E-state index in [1.807, 2.05) is 6.07 Å². The van der Waals surface area contributed by atoms with Gasteiger partial charge in [0.2, 0.25) is 11.8 Å². The van der Waals surface area contributed by atoms with Gasteiger partial charge < -0.3 is 10.2 Å². The van der Waals surface area contributed by atoms with Gasteiger partial charge in [-0.1, -0.05) is 80.2 Å². The van der Waals surface area contributed by atoms with Gasteiger partial charge in [-0.3, -0.25) is 9.59 Å². The minimum Gasteiger partial charge on any atom is -0.352 e. The number of hydrogen-bond acceptors (Lipinski definition) is 2.